The van der Waals surface area contributed by atoms with E-state index in [0.29, 0.717) is 12.0 Å². The lowest BCUT2D eigenvalue weighted by Gasteiger charge is -2.27. The van der Waals surface area contributed by atoms with Gasteiger partial charge in [0.05, 0.1) is 10.9 Å². The summed E-state index contributed by atoms with van der Waals surface area (Å²) < 4.78 is 36.3. The molecule has 0 unspecified atom stereocenters. The van der Waals surface area contributed by atoms with Crippen molar-refractivity contribution in [3.05, 3.63) is 65.5 Å². The van der Waals surface area contributed by atoms with Crippen LogP contribution in [0.5, 0.6) is 0 Å². The molecule has 6 heteroatoms. The number of halogens is 1. The first kappa shape index (κ1) is 20.1. The van der Waals surface area contributed by atoms with Crippen molar-refractivity contribution in [3.8, 4) is 0 Å². The van der Waals surface area contributed by atoms with Gasteiger partial charge in [-0.1, -0.05) is 32.9 Å². The van der Waals surface area contributed by atoms with Crippen molar-refractivity contribution in [2.24, 2.45) is 5.41 Å². The third-order valence-corrected chi connectivity index (χ3v) is 5.07. The van der Waals surface area contributed by atoms with Gasteiger partial charge < -0.3 is 5.32 Å². The molecule has 26 heavy (non-hydrogen) atoms. The quantitative estimate of drug-likeness (QED) is 0.852. The predicted octanol–water partition coefficient (Wildman–Crippen LogP) is 4.14. The number of benzene rings is 2. The SMILES string of the molecule is CC(C)(C)C[C@@H](NC(=O)c1ccc(S(C)(=O)=O)cc1)c1ccc(F)cc1. The molecule has 0 aliphatic carbocycles. The number of hydrogen-bond donors (Lipinski definition) is 1. The summed E-state index contributed by atoms with van der Waals surface area (Å²) in [7, 11) is -3.31. The maximum Gasteiger partial charge on any atom is 0.251 e. The number of sulfone groups is 1. The van der Waals surface area contributed by atoms with Crippen LogP contribution in [-0.4, -0.2) is 20.6 Å². The van der Waals surface area contributed by atoms with Crippen LogP contribution in [0.15, 0.2) is 53.4 Å². The number of rotatable bonds is 5. The van der Waals surface area contributed by atoms with E-state index < -0.39 is 9.84 Å². The summed E-state index contributed by atoms with van der Waals surface area (Å²) in [5.74, 6) is -0.630. The van der Waals surface area contributed by atoms with Crippen molar-refractivity contribution in [1.29, 1.82) is 0 Å². The Morgan fingerprint density at radius 3 is 2.04 bits per heavy atom. The highest BCUT2D eigenvalue weighted by Crippen LogP contribution is 2.30. The van der Waals surface area contributed by atoms with E-state index in [9.17, 15) is 17.6 Å². The Morgan fingerprint density at radius 2 is 1.58 bits per heavy atom. The molecule has 2 aromatic carbocycles. The van der Waals surface area contributed by atoms with Gasteiger partial charge in [-0.15, -0.1) is 0 Å². The van der Waals surface area contributed by atoms with Gasteiger partial charge in [-0.25, -0.2) is 12.8 Å². The molecule has 0 aromatic heterocycles. The van der Waals surface area contributed by atoms with Gasteiger partial charge in [0.1, 0.15) is 5.82 Å². The Hall–Kier alpha value is -2.21. The molecule has 0 fully saturated rings. The summed E-state index contributed by atoms with van der Waals surface area (Å²) in [6.07, 6.45) is 1.79. The third-order valence-electron chi connectivity index (χ3n) is 3.94. The minimum absolute atomic E-state index is 0.0491. The van der Waals surface area contributed by atoms with Crippen LogP contribution < -0.4 is 5.32 Å². The van der Waals surface area contributed by atoms with Gasteiger partial charge in [-0.05, 0) is 53.8 Å². The van der Waals surface area contributed by atoms with Crippen LogP contribution in [0.2, 0.25) is 0 Å². The second-order valence-electron chi connectivity index (χ2n) is 7.64. The van der Waals surface area contributed by atoms with Crippen LogP contribution in [-0.2, 0) is 9.84 Å². The number of carbonyl (C=O) groups excluding carboxylic acids is 1. The van der Waals surface area contributed by atoms with E-state index >= 15 is 0 Å². The van der Waals surface area contributed by atoms with Crippen LogP contribution in [0.1, 0.15) is 49.2 Å². The average molecular weight is 377 g/mol. The molecule has 140 valence electrons. The normalized spacial score (nSPS) is 13.3. The fourth-order valence-electron chi connectivity index (χ4n) is 2.65. The molecule has 1 N–H and O–H groups in total. The third kappa shape index (κ3) is 5.66. The van der Waals surface area contributed by atoms with Gasteiger partial charge in [0.2, 0.25) is 0 Å². The highest BCUT2D eigenvalue weighted by Gasteiger charge is 2.22. The zero-order valence-electron chi connectivity index (χ0n) is 15.4. The molecule has 0 saturated carbocycles. The van der Waals surface area contributed by atoms with Gasteiger partial charge in [0.15, 0.2) is 9.84 Å². The summed E-state index contributed by atoms with van der Waals surface area (Å²) in [6, 6.07) is 11.6. The van der Waals surface area contributed by atoms with E-state index in [1.165, 1.54) is 36.4 Å². The second kappa shape index (κ2) is 7.58. The van der Waals surface area contributed by atoms with Crippen LogP contribution in [0, 0.1) is 11.2 Å². The minimum Gasteiger partial charge on any atom is -0.345 e. The smallest absolute Gasteiger partial charge is 0.251 e. The Balaban J connectivity index is 2.24. The van der Waals surface area contributed by atoms with Crippen LogP contribution in [0.4, 0.5) is 4.39 Å². The van der Waals surface area contributed by atoms with E-state index in [1.54, 1.807) is 12.1 Å². The summed E-state index contributed by atoms with van der Waals surface area (Å²) in [5, 5.41) is 2.97. The van der Waals surface area contributed by atoms with Crippen molar-refractivity contribution < 1.29 is 17.6 Å². The van der Waals surface area contributed by atoms with E-state index in [0.717, 1.165) is 11.8 Å². The average Bonchev–Trinajstić information content (AvgIpc) is 2.53. The van der Waals surface area contributed by atoms with Crippen molar-refractivity contribution in [1.82, 2.24) is 5.32 Å². The standard InChI is InChI=1S/C20H24FNO3S/c1-20(2,3)13-18(14-5-9-16(21)10-6-14)22-19(23)15-7-11-17(12-8-15)26(4,24)25/h5-12,18H,13H2,1-4H3,(H,22,23)/t18-/m1/s1. The molecule has 1 amide bonds. The summed E-state index contributed by atoms with van der Waals surface area (Å²) in [5.41, 5.74) is 1.15. The second-order valence-corrected chi connectivity index (χ2v) is 9.65. The molecule has 4 nitrogen and oxygen atoms in total. The highest BCUT2D eigenvalue weighted by molar-refractivity contribution is 7.90. The Morgan fingerprint density at radius 1 is 1.04 bits per heavy atom. The molecule has 2 rings (SSSR count). The molecule has 0 heterocycles. The Bertz CT molecular complexity index is 867. The van der Waals surface area contributed by atoms with Crippen molar-refractivity contribution >= 4 is 15.7 Å². The fraction of sp³-hybridized carbons (Fsp3) is 0.350. The monoisotopic (exact) mass is 377 g/mol. The van der Waals surface area contributed by atoms with Gasteiger partial charge >= 0.3 is 0 Å². The number of nitrogens with one attached hydrogen (secondary N) is 1. The largest absolute Gasteiger partial charge is 0.345 e. The fourth-order valence-corrected chi connectivity index (χ4v) is 3.29. The molecule has 0 bridgehead atoms. The number of hydrogen-bond acceptors (Lipinski definition) is 3. The number of amides is 1. The first-order valence-corrected chi connectivity index (χ1v) is 10.2. The van der Waals surface area contributed by atoms with Gasteiger partial charge in [0, 0.05) is 11.8 Å². The van der Waals surface area contributed by atoms with Crippen LogP contribution >= 0.6 is 0 Å². The van der Waals surface area contributed by atoms with E-state index in [4.69, 9.17) is 0 Å². The Kier molecular flexibility index (Phi) is 5.86. The molecule has 0 radical (unpaired) electrons. The maximum atomic E-state index is 13.2. The van der Waals surface area contributed by atoms with Gasteiger partial charge in [-0.2, -0.15) is 0 Å². The summed E-state index contributed by atoms with van der Waals surface area (Å²) >= 11 is 0. The van der Waals surface area contributed by atoms with Gasteiger partial charge in [-0.3, -0.25) is 4.79 Å². The predicted molar refractivity (Wildman–Crippen MR) is 100 cm³/mol. The lowest BCUT2D eigenvalue weighted by atomic mass is 9.85. The zero-order chi connectivity index (χ0) is 19.5. The van der Waals surface area contributed by atoms with Crippen molar-refractivity contribution in [3.63, 3.8) is 0 Å². The lowest BCUT2D eigenvalue weighted by Crippen LogP contribution is -2.31. The minimum atomic E-state index is -3.31. The molecule has 0 saturated heterocycles. The van der Waals surface area contributed by atoms with E-state index in [2.05, 4.69) is 26.1 Å². The zero-order valence-corrected chi connectivity index (χ0v) is 16.2. The Labute approximate surface area is 154 Å². The summed E-state index contributed by atoms with van der Waals surface area (Å²) in [6.45, 7) is 6.20. The molecular formula is C20H24FNO3S. The number of carbonyl (C=O) groups is 1. The molecule has 2 aromatic rings. The maximum absolute atomic E-state index is 13.2. The first-order chi connectivity index (χ1) is 12.0. The molecule has 1 atom stereocenters. The first-order valence-electron chi connectivity index (χ1n) is 8.32. The van der Waals surface area contributed by atoms with Crippen LogP contribution in [0.25, 0.3) is 0 Å². The van der Waals surface area contributed by atoms with Crippen LogP contribution in [0.3, 0.4) is 0 Å². The summed E-state index contributed by atoms with van der Waals surface area (Å²) in [4.78, 5) is 12.8. The van der Waals surface area contributed by atoms with Crippen molar-refractivity contribution in [2.75, 3.05) is 6.26 Å². The molecule has 0 spiro atoms. The molecule has 0 aliphatic rings. The molecule has 0 aliphatic heterocycles. The molecular weight excluding hydrogens is 353 g/mol. The van der Waals surface area contributed by atoms with Crippen molar-refractivity contribution in [2.45, 2.75) is 38.1 Å². The highest BCUT2D eigenvalue weighted by atomic mass is 32.2. The lowest BCUT2D eigenvalue weighted by molar-refractivity contribution is 0.0926. The van der Waals surface area contributed by atoms with Gasteiger partial charge in [0.25, 0.3) is 5.91 Å². The van der Waals surface area contributed by atoms with E-state index in [-0.39, 0.29) is 28.1 Å². The topological polar surface area (TPSA) is 63.2 Å². The van der Waals surface area contributed by atoms with E-state index in [1.807, 2.05) is 0 Å².